The summed E-state index contributed by atoms with van der Waals surface area (Å²) in [5.74, 6) is -0.399. The van der Waals surface area contributed by atoms with Gasteiger partial charge >= 0.3 is 0 Å². The third-order valence-electron chi connectivity index (χ3n) is 1.99. The van der Waals surface area contributed by atoms with E-state index in [0.29, 0.717) is 15.0 Å². The molecule has 3 nitrogen and oxygen atoms in total. The molecule has 0 bridgehead atoms. The normalized spacial score (nSPS) is 10.7. The summed E-state index contributed by atoms with van der Waals surface area (Å²) in [5, 5.41) is 11.1. The molecule has 0 unspecified atom stereocenters. The minimum atomic E-state index is -0.465. The van der Waals surface area contributed by atoms with Crippen molar-refractivity contribution >= 4 is 27.1 Å². The maximum Gasteiger partial charge on any atom is 0.290 e. The van der Waals surface area contributed by atoms with E-state index in [1.807, 2.05) is 0 Å². The summed E-state index contributed by atoms with van der Waals surface area (Å²) in [6.45, 7) is 1.63. The highest BCUT2D eigenvalue weighted by molar-refractivity contribution is 7.19. The highest BCUT2D eigenvalue weighted by Gasteiger charge is 2.20. The highest BCUT2D eigenvalue weighted by Crippen LogP contribution is 2.37. The number of benzene rings is 1. The SMILES string of the molecule is Cc1sc2c(F)cccc2c1[N+](=O)[O-]. The first-order chi connectivity index (χ1) is 6.61. The lowest BCUT2D eigenvalue weighted by Crippen LogP contribution is -1.87. The van der Waals surface area contributed by atoms with Gasteiger partial charge in [0.2, 0.25) is 0 Å². The summed E-state index contributed by atoms with van der Waals surface area (Å²) in [7, 11) is 0. The summed E-state index contributed by atoms with van der Waals surface area (Å²) in [6, 6.07) is 4.36. The van der Waals surface area contributed by atoms with E-state index in [4.69, 9.17) is 0 Å². The van der Waals surface area contributed by atoms with Crippen LogP contribution < -0.4 is 0 Å². The lowest BCUT2D eigenvalue weighted by molar-refractivity contribution is -0.383. The van der Waals surface area contributed by atoms with Crippen molar-refractivity contribution in [3.8, 4) is 0 Å². The highest BCUT2D eigenvalue weighted by atomic mass is 32.1. The fourth-order valence-electron chi connectivity index (χ4n) is 1.42. The van der Waals surface area contributed by atoms with Crippen molar-refractivity contribution in [3.05, 3.63) is 39.0 Å². The Bertz CT molecular complexity index is 521. The van der Waals surface area contributed by atoms with Crippen LogP contribution in [0.15, 0.2) is 18.2 Å². The summed E-state index contributed by atoms with van der Waals surface area (Å²) in [5.41, 5.74) is 0.0181. The zero-order valence-corrected chi connectivity index (χ0v) is 8.10. The van der Waals surface area contributed by atoms with Crippen molar-refractivity contribution in [1.82, 2.24) is 0 Å². The molecule has 0 saturated heterocycles. The summed E-state index contributed by atoms with van der Waals surface area (Å²) in [6.07, 6.45) is 0. The van der Waals surface area contributed by atoms with Crippen LogP contribution in [0, 0.1) is 22.9 Å². The fourth-order valence-corrected chi connectivity index (χ4v) is 2.44. The summed E-state index contributed by atoms with van der Waals surface area (Å²) >= 11 is 1.12. The van der Waals surface area contributed by atoms with Gasteiger partial charge in [-0.2, -0.15) is 0 Å². The van der Waals surface area contributed by atoms with Gasteiger partial charge in [0, 0.05) is 0 Å². The van der Waals surface area contributed by atoms with Gasteiger partial charge in [-0.3, -0.25) is 10.1 Å². The third kappa shape index (κ3) is 1.17. The molecule has 1 aromatic carbocycles. The second-order valence-corrected chi connectivity index (χ2v) is 4.11. The van der Waals surface area contributed by atoms with Crippen LogP contribution in [0.1, 0.15) is 4.88 Å². The van der Waals surface area contributed by atoms with Crippen LogP contribution >= 0.6 is 11.3 Å². The van der Waals surface area contributed by atoms with Crippen molar-refractivity contribution in [3.63, 3.8) is 0 Å². The van der Waals surface area contributed by atoms with Crippen molar-refractivity contribution in [2.45, 2.75) is 6.92 Å². The van der Waals surface area contributed by atoms with E-state index in [9.17, 15) is 14.5 Å². The molecule has 14 heavy (non-hydrogen) atoms. The average Bonchev–Trinajstić information content (AvgIpc) is 2.42. The topological polar surface area (TPSA) is 43.1 Å². The van der Waals surface area contributed by atoms with Crippen LogP contribution in [0.3, 0.4) is 0 Å². The third-order valence-corrected chi connectivity index (χ3v) is 3.11. The number of hydrogen-bond donors (Lipinski definition) is 0. The smallest absolute Gasteiger partial charge is 0.258 e. The van der Waals surface area contributed by atoms with Crippen LogP contribution in [0.5, 0.6) is 0 Å². The molecule has 5 heteroatoms. The lowest BCUT2D eigenvalue weighted by atomic mass is 10.2. The molecular formula is C9H6FNO2S. The molecule has 2 rings (SSSR count). The fraction of sp³-hybridized carbons (Fsp3) is 0.111. The summed E-state index contributed by atoms with van der Waals surface area (Å²) < 4.78 is 13.6. The molecule has 0 aliphatic carbocycles. The Labute approximate surface area is 82.9 Å². The van der Waals surface area contributed by atoms with Crippen molar-refractivity contribution in [1.29, 1.82) is 0 Å². The lowest BCUT2D eigenvalue weighted by Gasteiger charge is -1.90. The summed E-state index contributed by atoms with van der Waals surface area (Å²) in [4.78, 5) is 10.8. The van der Waals surface area contributed by atoms with E-state index in [-0.39, 0.29) is 5.69 Å². The van der Waals surface area contributed by atoms with E-state index in [1.54, 1.807) is 13.0 Å². The Morgan fingerprint density at radius 1 is 1.50 bits per heavy atom. The second-order valence-electron chi connectivity index (χ2n) is 2.88. The molecule has 0 N–H and O–H groups in total. The van der Waals surface area contributed by atoms with Crippen LogP contribution in [0.2, 0.25) is 0 Å². The van der Waals surface area contributed by atoms with E-state index < -0.39 is 10.7 Å². The number of nitro groups is 1. The number of rotatable bonds is 1. The van der Waals surface area contributed by atoms with Gasteiger partial charge in [0.05, 0.1) is 19.9 Å². The van der Waals surface area contributed by atoms with Gasteiger partial charge in [-0.05, 0) is 19.1 Å². The molecule has 72 valence electrons. The van der Waals surface area contributed by atoms with E-state index in [0.717, 1.165) is 11.3 Å². The average molecular weight is 211 g/mol. The van der Waals surface area contributed by atoms with Gasteiger partial charge in [0.25, 0.3) is 5.69 Å². The number of halogens is 1. The standard InChI is InChI=1S/C9H6FNO2S/c1-5-8(11(12)13)6-3-2-4-7(10)9(6)14-5/h2-4H,1H3. The Morgan fingerprint density at radius 3 is 2.86 bits per heavy atom. The number of hydrogen-bond acceptors (Lipinski definition) is 3. The molecule has 0 atom stereocenters. The Kier molecular flexibility index (Phi) is 1.96. The van der Waals surface area contributed by atoms with Gasteiger partial charge in [-0.1, -0.05) is 6.07 Å². The minimum Gasteiger partial charge on any atom is -0.258 e. The zero-order chi connectivity index (χ0) is 10.3. The molecule has 0 fully saturated rings. The number of thiophene rings is 1. The quantitative estimate of drug-likeness (QED) is 0.536. The van der Waals surface area contributed by atoms with Gasteiger partial charge < -0.3 is 0 Å². The molecule has 0 radical (unpaired) electrons. The second kappa shape index (κ2) is 3.02. The maximum atomic E-state index is 13.2. The minimum absolute atomic E-state index is 0.0181. The van der Waals surface area contributed by atoms with Crippen LogP contribution in [0.25, 0.3) is 10.1 Å². The van der Waals surface area contributed by atoms with E-state index >= 15 is 0 Å². The first-order valence-electron chi connectivity index (χ1n) is 3.93. The van der Waals surface area contributed by atoms with Crippen molar-refractivity contribution in [2.75, 3.05) is 0 Å². The molecule has 2 aromatic rings. The largest absolute Gasteiger partial charge is 0.290 e. The van der Waals surface area contributed by atoms with Crippen molar-refractivity contribution < 1.29 is 9.31 Å². The Balaban J connectivity index is 2.90. The van der Waals surface area contributed by atoms with Gasteiger partial charge in [0.15, 0.2) is 0 Å². The van der Waals surface area contributed by atoms with Crippen LogP contribution in [0.4, 0.5) is 10.1 Å². The molecule has 0 spiro atoms. The van der Waals surface area contributed by atoms with Gasteiger partial charge in [0.1, 0.15) is 5.82 Å². The predicted molar refractivity (Wildman–Crippen MR) is 53.2 cm³/mol. The molecular weight excluding hydrogens is 205 g/mol. The molecule has 0 aliphatic rings. The number of fused-ring (bicyclic) bond motifs is 1. The Morgan fingerprint density at radius 2 is 2.21 bits per heavy atom. The monoisotopic (exact) mass is 211 g/mol. The molecule has 0 amide bonds. The Hall–Kier alpha value is -1.49. The molecule has 0 aliphatic heterocycles. The first-order valence-corrected chi connectivity index (χ1v) is 4.75. The molecule has 1 aromatic heterocycles. The van der Waals surface area contributed by atoms with E-state index in [1.165, 1.54) is 12.1 Å². The molecule has 1 heterocycles. The first kappa shape index (κ1) is 9.08. The number of nitrogens with zero attached hydrogens (tertiary/aromatic N) is 1. The van der Waals surface area contributed by atoms with Gasteiger partial charge in [-0.25, -0.2) is 4.39 Å². The zero-order valence-electron chi connectivity index (χ0n) is 7.28. The number of aryl methyl sites for hydroxylation is 1. The van der Waals surface area contributed by atoms with Crippen molar-refractivity contribution in [2.24, 2.45) is 0 Å². The van der Waals surface area contributed by atoms with Crippen LogP contribution in [-0.4, -0.2) is 4.92 Å². The maximum absolute atomic E-state index is 13.2. The van der Waals surface area contributed by atoms with Gasteiger partial charge in [-0.15, -0.1) is 11.3 Å². The van der Waals surface area contributed by atoms with E-state index in [2.05, 4.69) is 0 Å². The predicted octanol–water partition coefficient (Wildman–Crippen LogP) is 3.26. The van der Waals surface area contributed by atoms with Crippen LogP contribution in [-0.2, 0) is 0 Å². The molecule has 0 saturated carbocycles.